The van der Waals surface area contributed by atoms with E-state index in [1.807, 2.05) is 17.5 Å². The van der Waals surface area contributed by atoms with Crippen molar-refractivity contribution in [2.24, 2.45) is 11.8 Å². The summed E-state index contributed by atoms with van der Waals surface area (Å²) in [5.74, 6) is 1.06. The second-order valence-electron chi connectivity index (χ2n) is 8.19. The van der Waals surface area contributed by atoms with Crippen molar-refractivity contribution in [2.75, 3.05) is 26.2 Å². The number of nitrogens with zero attached hydrogens (tertiary/aromatic N) is 1. The van der Waals surface area contributed by atoms with Crippen LogP contribution in [-0.2, 0) is 11.2 Å². The quantitative estimate of drug-likeness (QED) is 0.834. The van der Waals surface area contributed by atoms with Crippen molar-refractivity contribution in [3.05, 3.63) is 58.3 Å². The smallest absolute Gasteiger partial charge is 0.261 e. The summed E-state index contributed by atoms with van der Waals surface area (Å²) in [6.45, 7) is 3.98. The second kappa shape index (κ2) is 7.04. The summed E-state index contributed by atoms with van der Waals surface area (Å²) < 4.78 is 6.51. The number of benzene rings is 1. The lowest BCUT2D eigenvalue weighted by Gasteiger charge is -2.29. The van der Waals surface area contributed by atoms with Crippen LogP contribution in [0.5, 0.6) is 0 Å². The lowest BCUT2D eigenvalue weighted by Crippen LogP contribution is -2.41. The molecule has 4 atom stereocenters. The molecule has 3 fully saturated rings. The Morgan fingerprint density at radius 3 is 2.96 bits per heavy atom. The number of ether oxygens (including phenoxy) is 1. The van der Waals surface area contributed by atoms with Crippen LogP contribution in [0.1, 0.15) is 28.1 Å². The molecule has 2 bridgehead atoms. The van der Waals surface area contributed by atoms with Gasteiger partial charge in [-0.1, -0.05) is 36.4 Å². The Bertz CT molecular complexity index is 794. The first-order chi connectivity index (χ1) is 13.2. The molecule has 1 spiro atoms. The van der Waals surface area contributed by atoms with Crippen molar-refractivity contribution in [1.29, 1.82) is 0 Å². The van der Waals surface area contributed by atoms with Gasteiger partial charge in [-0.25, -0.2) is 0 Å². The third-order valence-corrected chi connectivity index (χ3v) is 7.53. The zero-order valence-corrected chi connectivity index (χ0v) is 16.3. The number of hydrogen-bond donors (Lipinski definition) is 1. The van der Waals surface area contributed by atoms with E-state index >= 15 is 0 Å². The minimum absolute atomic E-state index is 0.0413. The maximum Gasteiger partial charge on any atom is 0.261 e. The van der Waals surface area contributed by atoms with Gasteiger partial charge < -0.3 is 10.1 Å². The normalized spacial score (nSPS) is 31.9. The zero-order valence-electron chi connectivity index (χ0n) is 15.5. The average Bonchev–Trinajstić information content (AvgIpc) is 3.46. The van der Waals surface area contributed by atoms with Crippen LogP contribution in [0.3, 0.4) is 0 Å². The number of thiophene rings is 1. The number of carbonyl (C=O) groups excluding carboxylic acids is 1. The van der Waals surface area contributed by atoms with Gasteiger partial charge in [-0.3, -0.25) is 9.69 Å². The molecule has 0 unspecified atom stereocenters. The summed E-state index contributed by atoms with van der Waals surface area (Å²) in [5.41, 5.74) is 1.44. The van der Waals surface area contributed by atoms with Gasteiger partial charge in [-0.2, -0.15) is 0 Å². The van der Waals surface area contributed by atoms with Gasteiger partial charge >= 0.3 is 0 Å². The molecule has 142 valence electrons. The maximum atomic E-state index is 12.3. The number of hydrogen-bond acceptors (Lipinski definition) is 4. The van der Waals surface area contributed by atoms with Gasteiger partial charge in [0.15, 0.2) is 0 Å². The molecular weight excluding hydrogens is 356 g/mol. The largest absolute Gasteiger partial charge is 0.370 e. The summed E-state index contributed by atoms with van der Waals surface area (Å²) >= 11 is 1.50. The fourth-order valence-corrected chi connectivity index (χ4v) is 6.01. The molecule has 3 aliphatic heterocycles. The van der Waals surface area contributed by atoms with Gasteiger partial charge in [0, 0.05) is 38.0 Å². The first kappa shape index (κ1) is 17.4. The average molecular weight is 383 g/mol. The third kappa shape index (κ3) is 3.22. The maximum absolute atomic E-state index is 12.3. The minimum atomic E-state index is 0.0413. The summed E-state index contributed by atoms with van der Waals surface area (Å²) in [4.78, 5) is 15.7. The Kier molecular flexibility index (Phi) is 4.54. The number of fused-ring (bicyclic) bond motifs is 1. The molecule has 5 heteroatoms. The van der Waals surface area contributed by atoms with Crippen molar-refractivity contribution < 1.29 is 9.53 Å². The number of amides is 1. The molecule has 27 heavy (non-hydrogen) atoms. The lowest BCUT2D eigenvalue weighted by molar-refractivity contribution is 0.00286. The topological polar surface area (TPSA) is 41.6 Å². The molecule has 4 heterocycles. The molecule has 2 aromatic rings. The van der Waals surface area contributed by atoms with Gasteiger partial charge in [0.25, 0.3) is 5.91 Å². The fraction of sp³-hybridized carbons (Fsp3) is 0.500. The second-order valence-corrected chi connectivity index (χ2v) is 9.14. The van der Waals surface area contributed by atoms with Crippen LogP contribution in [0, 0.1) is 11.8 Å². The van der Waals surface area contributed by atoms with Crippen molar-refractivity contribution in [3.63, 3.8) is 0 Å². The molecule has 1 amide bonds. The van der Waals surface area contributed by atoms with Crippen LogP contribution in [-0.4, -0.2) is 48.7 Å². The summed E-state index contributed by atoms with van der Waals surface area (Å²) in [6, 6.07) is 14.5. The molecule has 3 aliphatic rings. The Morgan fingerprint density at radius 2 is 2.15 bits per heavy atom. The molecule has 1 aromatic carbocycles. The molecule has 0 radical (unpaired) electrons. The first-order valence-electron chi connectivity index (χ1n) is 9.99. The third-order valence-electron chi connectivity index (χ3n) is 6.66. The predicted molar refractivity (Wildman–Crippen MR) is 107 cm³/mol. The first-order valence-corrected chi connectivity index (χ1v) is 10.9. The van der Waals surface area contributed by atoms with Crippen LogP contribution in [0.25, 0.3) is 0 Å². The van der Waals surface area contributed by atoms with Crippen molar-refractivity contribution >= 4 is 17.2 Å². The Morgan fingerprint density at radius 1 is 1.26 bits per heavy atom. The lowest BCUT2D eigenvalue weighted by atomic mass is 9.73. The highest BCUT2D eigenvalue weighted by atomic mass is 32.1. The van der Waals surface area contributed by atoms with E-state index in [9.17, 15) is 4.79 Å². The van der Waals surface area contributed by atoms with Crippen LogP contribution in [0.2, 0.25) is 0 Å². The molecule has 1 aromatic heterocycles. The molecule has 1 N–H and O–H groups in total. The molecule has 4 nitrogen and oxygen atoms in total. The van der Waals surface area contributed by atoms with E-state index in [1.165, 1.54) is 23.3 Å². The van der Waals surface area contributed by atoms with Gasteiger partial charge in [-0.05, 0) is 36.3 Å². The summed E-state index contributed by atoms with van der Waals surface area (Å²) in [6.07, 6.45) is 3.74. The number of carbonyl (C=O) groups is 1. The van der Waals surface area contributed by atoms with Crippen molar-refractivity contribution in [3.8, 4) is 0 Å². The number of rotatable bonds is 6. The predicted octanol–water partition coefficient (Wildman–Crippen LogP) is 3.20. The zero-order chi connectivity index (χ0) is 18.3. The molecule has 0 aliphatic carbocycles. The molecule has 5 rings (SSSR count). The number of nitrogens with one attached hydrogen (secondary N) is 1. The van der Waals surface area contributed by atoms with Gasteiger partial charge in [0.05, 0.1) is 16.6 Å². The highest BCUT2D eigenvalue weighted by Crippen LogP contribution is 2.54. The molecule has 3 saturated heterocycles. The number of likely N-dealkylation sites (tertiary alicyclic amines) is 1. The van der Waals surface area contributed by atoms with E-state index in [4.69, 9.17) is 4.74 Å². The van der Waals surface area contributed by atoms with E-state index in [-0.39, 0.29) is 11.5 Å². The van der Waals surface area contributed by atoms with Crippen molar-refractivity contribution in [2.45, 2.75) is 31.0 Å². The highest BCUT2D eigenvalue weighted by Gasteiger charge is 2.62. The minimum Gasteiger partial charge on any atom is -0.370 e. The van der Waals surface area contributed by atoms with E-state index in [0.717, 1.165) is 43.9 Å². The summed E-state index contributed by atoms with van der Waals surface area (Å²) in [5, 5.41) is 5.12. The van der Waals surface area contributed by atoms with Gasteiger partial charge in [0.2, 0.25) is 0 Å². The fourth-order valence-electron chi connectivity index (χ4n) is 5.37. The molecular formula is C22H26N2O2S. The van der Waals surface area contributed by atoms with Crippen LogP contribution < -0.4 is 5.32 Å². The van der Waals surface area contributed by atoms with Crippen LogP contribution in [0.4, 0.5) is 0 Å². The SMILES string of the molecule is O=C(NC[C@H]1[C@H]2CN(CCc3ccccc3)C[C@]23CC[C@H]1O3)c1cccs1. The highest BCUT2D eigenvalue weighted by molar-refractivity contribution is 7.12. The Balaban J connectivity index is 1.21. The standard InChI is InChI=1S/C22H26N2O2S/c25-21(20-7-4-12-27-20)23-13-17-18-14-24(11-9-16-5-2-1-3-6-16)15-22(18)10-8-19(17)26-22/h1-7,12,17-19H,8-11,13-15H2,(H,23,25)/t17-,18+,19+,22+/m0/s1. The monoisotopic (exact) mass is 382 g/mol. The van der Waals surface area contributed by atoms with Crippen LogP contribution >= 0.6 is 11.3 Å². The molecule has 0 saturated carbocycles. The van der Waals surface area contributed by atoms with Gasteiger partial charge in [0.1, 0.15) is 0 Å². The van der Waals surface area contributed by atoms with E-state index < -0.39 is 0 Å². The Hall–Kier alpha value is -1.69. The van der Waals surface area contributed by atoms with Crippen molar-refractivity contribution in [1.82, 2.24) is 10.2 Å². The van der Waals surface area contributed by atoms with E-state index in [1.54, 1.807) is 0 Å². The van der Waals surface area contributed by atoms with Crippen LogP contribution in [0.15, 0.2) is 47.8 Å². The summed E-state index contributed by atoms with van der Waals surface area (Å²) in [7, 11) is 0. The Labute approximate surface area is 164 Å². The van der Waals surface area contributed by atoms with E-state index in [0.29, 0.717) is 17.9 Å². The van der Waals surface area contributed by atoms with Gasteiger partial charge in [-0.15, -0.1) is 11.3 Å². The van der Waals surface area contributed by atoms with E-state index in [2.05, 4.69) is 40.5 Å².